The van der Waals surface area contributed by atoms with Crippen LogP contribution in [-0.2, 0) is 16.9 Å². The van der Waals surface area contributed by atoms with Crippen LogP contribution in [0.1, 0.15) is 37.1 Å². The Morgan fingerprint density at radius 3 is 2.64 bits per heavy atom. The summed E-state index contributed by atoms with van der Waals surface area (Å²) >= 11 is 0. The molecule has 1 saturated carbocycles. The summed E-state index contributed by atoms with van der Waals surface area (Å²) in [6.07, 6.45) is 7.26. The number of hydrogen-bond acceptors (Lipinski definition) is 3. The summed E-state index contributed by atoms with van der Waals surface area (Å²) in [5.74, 6) is 2.07. The third-order valence-corrected chi connectivity index (χ3v) is 6.26. The minimum absolute atomic E-state index is 0.0877. The molecule has 25 heavy (non-hydrogen) atoms. The minimum Gasteiger partial charge on any atom is -0.371 e. The first kappa shape index (κ1) is 15.6. The number of ether oxygens (including phenoxy) is 1. The molecule has 2 fully saturated rings. The lowest BCUT2D eigenvalue weighted by molar-refractivity contribution is -0.0309. The van der Waals surface area contributed by atoms with Crippen LogP contribution in [0.2, 0.25) is 0 Å². The first-order valence-corrected chi connectivity index (χ1v) is 9.68. The number of piperidine rings is 1. The number of rotatable bonds is 3. The van der Waals surface area contributed by atoms with E-state index in [0.717, 1.165) is 18.3 Å². The number of benzene rings is 1. The van der Waals surface area contributed by atoms with Crippen LogP contribution in [0.5, 0.6) is 0 Å². The highest BCUT2D eigenvalue weighted by Crippen LogP contribution is 2.40. The number of likely N-dealkylation sites (tertiary alicyclic amines) is 1. The molecular formula is C21H27N3O. The smallest absolute Gasteiger partial charge is 0.135 e. The van der Waals surface area contributed by atoms with Gasteiger partial charge in [0.2, 0.25) is 0 Å². The molecule has 0 N–H and O–H groups in total. The molecule has 2 aromatic rings. The predicted octanol–water partition coefficient (Wildman–Crippen LogP) is 3.59. The van der Waals surface area contributed by atoms with E-state index in [1.54, 1.807) is 0 Å². The van der Waals surface area contributed by atoms with E-state index < -0.39 is 0 Å². The lowest BCUT2D eigenvalue weighted by Gasteiger charge is -2.46. The van der Waals surface area contributed by atoms with Gasteiger partial charge in [0.25, 0.3) is 0 Å². The van der Waals surface area contributed by atoms with E-state index in [4.69, 9.17) is 9.72 Å². The highest BCUT2D eigenvalue weighted by Gasteiger charge is 2.42. The topological polar surface area (TPSA) is 30.3 Å². The predicted molar refractivity (Wildman–Crippen MR) is 98.4 cm³/mol. The molecule has 0 unspecified atom stereocenters. The van der Waals surface area contributed by atoms with Gasteiger partial charge in [-0.1, -0.05) is 29.8 Å². The Kier molecular flexibility index (Phi) is 3.72. The largest absolute Gasteiger partial charge is 0.371 e. The Bertz CT molecular complexity index is 752. The SMILES string of the molecule is Cc1ccc(-c2cnc3n2C2(CCN(CC4CC4)CC2)COC3)cc1. The van der Waals surface area contributed by atoms with Crippen LogP contribution in [0.4, 0.5) is 0 Å². The van der Waals surface area contributed by atoms with Crippen molar-refractivity contribution in [3.05, 3.63) is 41.9 Å². The number of fused-ring (bicyclic) bond motifs is 2. The minimum atomic E-state index is 0.0877. The summed E-state index contributed by atoms with van der Waals surface area (Å²) in [5, 5.41) is 0. The number of imidazole rings is 1. The zero-order valence-electron chi connectivity index (χ0n) is 15.1. The van der Waals surface area contributed by atoms with Gasteiger partial charge in [-0.05, 0) is 44.1 Å². The third-order valence-electron chi connectivity index (χ3n) is 6.26. The van der Waals surface area contributed by atoms with E-state index in [0.29, 0.717) is 6.61 Å². The molecule has 2 aliphatic heterocycles. The third kappa shape index (κ3) is 2.81. The molecule has 0 radical (unpaired) electrons. The molecule has 0 amide bonds. The highest BCUT2D eigenvalue weighted by atomic mass is 16.5. The molecule has 3 heterocycles. The van der Waals surface area contributed by atoms with Crippen molar-refractivity contribution in [3.63, 3.8) is 0 Å². The van der Waals surface area contributed by atoms with Gasteiger partial charge in [0, 0.05) is 19.6 Å². The molecule has 5 rings (SSSR count). The van der Waals surface area contributed by atoms with Gasteiger partial charge in [-0.3, -0.25) is 0 Å². The molecule has 0 atom stereocenters. The van der Waals surface area contributed by atoms with Crippen molar-refractivity contribution < 1.29 is 4.74 Å². The van der Waals surface area contributed by atoms with Crippen LogP contribution < -0.4 is 0 Å². The van der Waals surface area contributed by atoms with Gasteiger partial charge in [-0.15, -0.1) is 0 Å². The summed E-state index contributed by atoms with van der Waals surface area (Å²) in [5.41, 5.74) is 3.92. The molecule has 1 aromatic carbocycles. The highest BCUT2D eigenvalue weighted by molar-refractivity contribution is 5.60. The van der Waals surface area contributed by atoms with Gasteiger partial charge in [-0.2, -0.15) is 0 Å². The summed E-state index contributed by atoms with van der Waals surface area (Å²) < 4.78 is 8.51. The summed E-state index contributed by atoms with van der Waals surface area (Å²) in [6, 6.07) is 8.84. The molecule has 3 aliphatic rings. The van der Waals surface area contributed by atoms with Crippen LogP contribution >= 0.6 is 0 Å². The zero-order valence-corrected chi connectivity index (χ0v) is 15.1. The Labute approximate surface area is 149 Å². The van der Waals surface area contributed by atoms with Gasteiger partial charge in [0.15, 0.2) is 0 Å². The summed E-state index contributed by atoms with van der Waals surface area (Å²) in [4.78, 5) is 7.37. The molecule has 1 aromatic heterocycles. The van der Waals surface area contributed by atoms with Crippen LogP contribution in [0.3, 0.4) is 0 Å². The van der Waals surface area contributed by atoms with Crippen molar-refractivity contribution in [1.82, 2.24) is 14.5 Å². The van der Waals surface area contributed by atoms with Gasteiger partial charge < -0.3 is 14.2 Å². The fourth-order valence-electron chi connectivity index (χ4n) is 4.53. The van der Waals surface area contributed by atoms with E-state index in [-0.39, 0.29) is 5.54 Å². The van der Waals surface area contributed by atoms with Crippen LogP contribution in [0, 0.1) is 12.8 Å². The van der Waals surface area contributed by atoms with Crippen molar-refractivity contribution in [1.29, 1.82) is 0 Å². The molecule has 4 nitrogen and oxygen atoms in total. The van der Waals surface area contributed by atoms with Crippen molar-refractivity contribution in [3.8, 4) is 11.3 Å². The second-order valence-corrected chi connectivity index (χ2v) is 8.22. The van der Waals surface area contributed by atoms with E-state index in [2.05, 4.69) is 40.7 Å². The molecular weight excluding hydrogens is 310 g/mol. The Balaban J connectivity index is 1.46. The van der Waals surface area contributed by atoms with E-state index in [1.807, 2.05) is 6.20 Å². The van der Waals surface area contributed by atoms with Crippen molar-refractivity contribution >= 4 is 0 Å². The number of nitrogens with zero attached hydrogens (tertiary/aromatic N) is 3. The lowest BCUT2D eigenvalue weighted by atomic mass is 9.86. The lowest BCUT2D eigenvalue weighted by Crippen LogP contribution is -2.51. The number of hydrogen-bond donors (Lipinski definition) is 0. The molecule has 132 valence electrons. The van der Waals surface area contributed by atoms with Crippen LogP contribution in [-0.4, -0.2) is 40.7 Å². The van der Waals surface area contributed by atoms with Crippen molar-refractivity contribution in [2.75, 3.05) is 26.2 Å². The van der Waals surface area contributed by atoms with E-state index >= 15 is 0 Å². The first-order chi connectivity index (χ1) is 12.2. The molecule has 1 spiro atoms. The molecule has 0 bridgehead atoms. The Morgan fingerprint density at radius 1 is 1.16 bits per heavy atom. The summed E-state index contributed by atoms with van der Waals surface area (Å²) in [6.45, 7) is 7.28. The molecule has 1 aliphatic carbocycles. The maximum atomic E-state index is 5.98. The fraction of sp³-hybridized carbons (Fsp3) is 0.571. The fourth-order valence-corrected chi connectivity index (χ4v) is 4.53. The van der Waals surface area contributed by atoms with Gasteiger partial charge in [0.1, 0.15) is 12.4 Å². The van der Waals surface area contributed by atoms with Crippen LogP contribution in [0.25, 0.3) is 11.3 Å². The average Bonchev–Trinajstić information content (AvgIpc) is 3.34. The first-order valence-electron chi connectivity index (χ1n) is 9.68. The standard InChI is InChI=1S/C21H27N3O/c1-16-2-6-18(7-3-16)19-12-22-20-14-25-15-21(24(19)20)8-10-23(11-9-21)13-17-4-5-17/h2-3,6-7,12,17H,4-5,8-11,13-15H2,1H3. The second-order valence-electron chi connectivity index (χ2n) is 8.22. The molecule has 4 heteroatoms. The van der Waals surface area contributed by atoms with Gasteiger partial charge >= 0.3 is 0 Å². The quantitative estimate of drug-likeness (QED) is 0.857. The maximum Gasteiger partial charge on any atom is 0.135 e. The Hall–Kier alpha value is -1.65. The van der Waals surface area contributed by atoms with Crippen molar-refractivity contribution in [2.24, 2.45) is 5.92 Å². The Morgan fingerprint density at radius 2 is 1.92 bits per heavy atom. The molecule has 1 saturated heterocycles. The average molecular weight is 337 g/mol. The van der Waals surface area contributed by atoms with Crippen LogP contribution in [0.15, 0.2) is 30.5 Å². The van der Waals surface area contributed by atoms with Gasteiger partial charge in [0.05, 0.1) is 24.0 Å². The maximum absolute atomic E-state index is 5.98. The normalized spacial score (nSPS) is 22.9. The van der Waals surface area contributed by atoms with Crippen molar-refractivity contribution in [2.45, 2.75) is 44.8 Å². The van der Waals surface area contributed by atoms with Gasteiger partial charge in [-0.25, -0.2) is 4.98 Å². The second kappa shape index (κ2) is 5.96. The number of aryl methyl sites for hydroxylation is 1. The van der Waals surface area contributed by atoms with E-state index in [1.165, 1.54) is 62.1 Å². The summed E-state index contributed by atoms with van der Waals surface area (Å²) in [7, 11) is 0. The monoisotopic (exact) mass is 337 g/mol. The zero-order chi connectivity index (χ0) is 16.9. The van der Waals surface area contributed by atoms with E-state index in [9.17, 15) is 0 Å². The number of aromatic nitrogens is 2.